The zero-order chi connectivity index (χ0) is 18.8. The third-order valence-electron chi connectivity index (χ3n) is 5.07. The first-order chi connectivity index (χ1) is 11.6. The second-order valence-corrected chi connectivity index (χ2v) is 9.16. The average Bonchev–Trinajstić information content (AvgIpc) is 2.58. The fourth-order valence-electron chi connectivity index (χ4n) is 3.14. The average molecular weight is 368 g/mol. The lowest BCUT2D eigenvalue weighted by molar-refractivity contribution is 0.0773. The Balaban J connectivity index is 2.22. The Labute approximate surface area is 151 Å². The highest BCUT2D eigenvalue weighted by atomic mass is 32.2. The maximum absolute atomic E-state index is 12.9. The molecular formula is C18H29N3O3S. The fourth-order valence-corrected chi connectivity index (χ4v) is 4.77. The molecule has 2 rings (SSSR count). The molecular weight excluding hydrogens is 338 g/mol. The third-order valence-corrected chi connectivity index (χ3v) is 6.93. The van der Waals surface area contributed by atoms with Crippen LogP contribution in [0.25, 0.3) is 0 Å². The highest BCUT2D eigenvalue weighted by molar-refractivity contribution is 7.89. The van der Waals surface area contributed by atoms with Gasteiger partial charge in [0.1, 0.15) is 0 Å². The van der Waals surface area contributed by atoms with Crippen molar-refractivity contribution in [2.75, 3.05) is 26.2 Å². The molecule has 0 bridgehead atoms. The monoisotopic (exact) mass is 367 g/mol. The van der Waals surface area contributed by atoms with Crippen molar-refractivity contribution in [3.05, 3.63) is 29.8 Å². The van der Waals surface area contributed by atoms with Gasteiger partial charge in [-0.3, -0.25) is 4.79 Å². The Morgan fingerprint density at radius 1 is 1.24 bits per heavy atom. The summed E-state index contributed by atoms with van der Waals surface area (Å²) < 4.78 is 27.3. The molecule has 1 saturated heterocycles. The van der Waals surface area contributed by atoms with E-state index in [0.717, 1.165) is 0 Å². The molecule has 7 heteroatoms. The quantitative estimate of drug-likeness (QED) is 0.862. The molecule has 0 saturated carbocycles. The summed E-state index contributed by atoms with van der Waals surface area (Å²) in [5.41, 5.74) is 6.34. The number of carbonyl (C=O) groups excluding carboxylic acids is 1. The summed E-state index contributed by atoms with van der Waals surface area (Å²) in [6, 6.07) is 6.22. The maximum atomic E-state index is 12.9. The molecule has 1 fully saturated rings. The molecule has 1 heterocycles. The molecule has 25 heavy (non-hydrogen) atoms. The molecule has 1 aliphatic heterocycles. The van der Waals surface area contributed by atoms with Gasteiger partial charge >= 0.3 is 0 Å². The first-order valence-corrected chi connectivity index (χ1v) is 10.2. The van der Waals surface area contributed by atoms with Crippen LogP contribution in [-0.2, 0) is 10.0 Å². The largest absolute Gasteiger partial charge is 0.339 e. The highest BCUT2D eigenvalue weighted by Gasteiger charge is 2.38. The number of sulfonamides is 1. The Morgan fingerprint density at radius 3 is 2.28 bits per heavy atom. The number of benzene rings is 1. The van der Waals surface area contributed by atoms with Gasteiger partial charge in [-0.25, -0.2) is 8.42 Å². The zero-order valence-electron chi connectivity index (χ0n) is 15.5. The minimum atomic E-state index is -3.58. The summed E-state index contributed by atoms with van der Waals surface area (Å²) >= 11 is 0. The number of nitrogens with two attached hydrogens (primary N) is 1. The lowest BCUT2D eigenvalue weighted by atomic mass is 9.81. The lowest BCUT2D eigenvalue weighted by Gasteiger charge is -2.41. The normalized spacial score (nSPS) is 21.1. The second kappa shape index (κ2) is 7.43. The predicted octanol–water partition coefficient (Wildman–Crippen LogP) is 1.92. The molecule has 0 spiro atoms. The van der Waals surface area contributed by atoms with Gasteiger partial charge in [0.25, 0.3) is 5.91 Å². The maximum Gasteiger partial charge on any atom is 0.253 e. The van der Waals surface area contributed by atoms with Crippen molar-refractivity contribution >= 4 is 15.9 Å². The standard InChI is InChI=1S/C18H29N3O3S/c1-5-20(6-2)17(22)14-7-9-15(10-8-14)25(23,24)21-12-11-16(19)18(3,4)13-21/h7-10,16H,5-6,11-13,19H2,1-4H3. The van der Waals surface area contributed by atoms with Crippen LogP contribution in [0.3, 0.4) is 0 Å². The number of rotatable bonds is 5. The van der Waals surface area contributed by atoms with E-state index >= 15 is 0 Å². The van der Waals surface area contributed by atoms with Crippen molar-refractivity contribution < 1.29 is 13.2 Å². The molecule has 0 radical (unpaired) electrons. The van der Waals surface area contributed by atoms with Gasteiger partial charge in [-0.15, -0.1) is 0 Å². The van der Waals surface area contributed by atoms with Crippen LogP contribution in [0.15, 0.2) is 29.2 Å². The topological polar surface area (TPSA) is 83.7 Å². The smallest absolute Gasteiger partial charge is 0.253 e. The van der Waals surface area contributed by atoms with Gasteiger partial charge < -0.3 is 10.6 Å². The summed E-state index contributed by atoms with van der Waals surface area (Å²) in [4.78, 5) is 14.3. The van der Waals surface area contributed by atoms with E-state index in [0.29, 0.717) is 38.2 Å². The number of hydrogen-bond acceptors (Lipinski definition) is 4. The molecule has 1 unspecified atom stereocenters. The van der Waals surface area contributed by atoms with Gasteiger partial charge in [0.05, 0.1) is 4.90 Å². The Bertz CT molecular complexity index is 710. The van der Waals surface area contributed by atoms with Crippen LogP contribution >= 0.6 is 0 Å². The first-order valence-electron chi connectivity index (χ1n) is 8.78. The van der Waals surface area contributed by atoms with Gasteiger partial charge in [0.2, 0.25) is 10.0 Å². The zero-order valence-corrected chi connectivity index (χ0v) is 16.3. The van der Waals surface area contributed by atoms with Gasteiger partial charge in [0, 0.05) is 37.8 Å². The molecule has 1 aliphatic rings. The second-order valence-electron chi connectivity index (χ2n) is 7.22. The van der Waals surface area contributed by atoms with E-state index in [4.69, 9.17) is 5.73 Å². The Kier molecular flexibility index (Phi) is 5.91. The summed E-state index contributed by atoms with van der Waals surface area (Å²) in [6.07, 6.45) is 0.644. The highest BCUT2D eigenvalue weighted by Crippen LogP contribution is 2.31. The van der Waals surface area contributed by atoms with E-state index in [2.05, 4.69) is 0 Å². The number of amides is 1. The molecule has 0 aliphatic carbocycles. The van der Waals surface area contributed by atoms with Crippen molar-refractivity contribution in [2.45, 2.75) is 45.1 Å². The van der Waals surface area contributed by atoms with Crippen LogP contribution in [0.1, 0.15) is 44.5 Å². The van der Waals surface area contributed by atoms with Gasteiger partial charge in [0.15, 0.2) is 0 Å². The molecule has 140 valence electrons. The Hall–Kier alpha value is -1.44. The first kappa shape index (κ1) is 19.9. The molecule has 1 amide bonds. The van der Waals surface area contributed by atoms with Crippen molar-refractivity contribution in [3.63, 3.8) is 0 Å². The molecule has 0 aromatic heterocycles. The lowest BCUT2D eigenvalue weighted by Crippen LogP contribution is -2.53. The van der Waals surface area contributed by atoms with Gasteiger partial charge in [-0.2, -0.15) is 4.31 Å². The van der Waals surface area contributed by atoms with Crippen molar-refractivity contribution in [1.82, 2.24) is 9.21 Å². The predicted molar refractivity (Wildman–Crippen MR) is 98.8 cm³/mol. The van der Waals surface area contributed by atoms with Crippen LogP contribution in [-0.4, -0.2) is 55.8 Å². The molecule has 6 nitrogen and oxygen atoms in total. The van der Waals surface area contributed by atoms with Crippen LogP contribution in [0.5, 0.6) is 0 Å². The minimum Gasteiger partial charge on any atom is -0.339 e. The van der Waals surface area contributed by atoms with E-state index in [-0.39, 0.29) is 22.3 Å². The van der Waals surface area contributed by atoms with Crippen molar-refractivity contribution in [1.29, 1.82) is 0 Å². The van der Waals surface area contributed by atoms with Crippen molar-refractivity contribution in [3.8, 4) is 0 Å². The molecule has 1 aromatic rings. The van der Waals surface area contributed by atoms with E-state index in [1.807, 2.05) is 27.7 Å². The summed E-state index contributed by atoms with van der Waals surface area (Å²) in [5, 5.41) is 0. The SMILES string of the molecule is CCN(CC)C(=O)c1ccc(S(=O)(=O)N2CCC(N)C(C)(C)C2)cc1. The van der Waals surface area contributed by atoms with E-state index in [9.17, 15) is 13.2 Å². The van der Waals surface area contributed by atoms with E-state index in [1.165, 1.54) is 16.4 Å². The summed E-state index contributed by atoms with van der Waals surface area (Å²) in [6.45, 7) is 9.89. The molecule has 1 atom stereocenters. The number of carbonyl (C=O) groups is 1. The molecule has 2 N–H and O–H groups in total. The fraction of sp³-hybridized carbons (Fsp3) is 0.611. The van der Waals surface area contributed by atoms with Crippen LogP contribution < -0.4 is 5.73 Å². The van der Waals surface area contributed by atoms with Gasteiger partial charge in [-0.1, -0.05) is 13.8 Å². The number of nitrogens with zero attached hydrogens (tertiary/aromatic N) is 2. The van der Waals surface area contributed by atoms with E-state index in [1.54, 1.807) is 17.0 Å². The minimum absolute atomic E-state index is 0.00646. The van der Waals surface area contributed by atoms with E-state index < -0.39 is 10.0 Å². The van der Waals surface area contributed by atoms with Gasteiger partial charge in [-0.05, 0) is 49.9 Å². The van der Waals surface area contributed by atoms with Crippen molar-refractivity contribution in [2.24, 2.45) is 11.1 Å². The summed E-state index contributed by atoms with van der Waals surface area (Å²) in [7, 11) is -3.58. The van der Waals surface area contributed by atoms with Crippen LogP contribution in [0.4, 0.5) is 0 Å². The Morgan fingerprint density at radius 2 is 1.80 bits per heavy atom. The summed E-state index contributed by atoms with van der Waals surface area (Å²) in [5.74, 6) is -0.0842. The van der Waals surface area contributed by atoms with Crippen LogP contribution in [0, 0.1) is 5.41 Å². The number of hydrogen-bond donors (Lipinski definition) is 1. The number of piperidine rings is 1. The van der Waals surface area contributed by atoms with Crippen LogP contribution in [0.2, 0.25) is 0 Å². The molecule has 1 aromatic carbocycles. The third kappa shape index (κ3) is 4.04.